The fourth-order valence-electron chi connectivity index (χ4n) is 1.98. The fraction of sp³-hybridized carbons (Fsp3) is 0.308. The lowest BCUT2D eigenvalue weighted by Gasteiger charge is -2.09. The van der Waals surface area contributed by atoms with Crippen molar-refractivity contribution < 1.29 is 9.47 Å². The highest BCUT2D eigenvalue weighted by Crippen LogP contribution is 2.36. The van der Waals surface area contributed by atoms with Crippen molar-refractivity contribution in [2.75, 3.05) is 12.1 Å². The van der Waals surface area contributed by atoms with E-state index in [1.165, 1.54) is 0 Å². The second-order valence-electron chi connectivity index (χ2n) is 4.42. The van der Waals surface area contributed by atoms with E-state index in [0.717, 1.165) is 34.1 Å². The summed E-state index contributed by atoms with van der Waals surface area (Å²) in [6.45, 7) is 5.02. The smallest absolute Gasteiger partial charge is 0.231 e. The monoisotopic (exact) mass is 245 g/mol. The molecule has 0 bridgehead atoms. The summed E-state index contributed by atoms with van der Waals surface area (Å²) in [6.07, 6.45) is 0. The number of ether oxygens (including phenoxy) is 2. The van der Waals surface area contributed by atoms with Crippen LogP contribution in [-0.2, 0) is 6.54 Å². The second kappa shape index (κ2) is 4.25. The summed E-state index contributed by atoms with van der Waals surface area (Å²) in [5.41, 5.74) is 4.23. The van der Waals surface area contributed by atoms with Crippen LogP contribution in [0.25, 0.3) is 0 Å². The summed E-state index contributed by atoms with van der Waals surface area (Å²) in [7, 11) is 0. The summed E-state index contributed by atoms with van der Waals surface area (Å²) in [4.78, 5) is 0. The van der Waals surface area contributed by atoms with Crippen LogP contribution in [0.2, 0.25) is 0 Å². The van der Waals surface area contributed by atoms with Crippen LogP contribution in [0, 0.1) is 13.8 Å². The van der Waals surface area contributed by atoms with Gasteiger partial charge in [-0.25, -0.2) is 0 Å². The van der Waals surface area contributed by atoms with Gasteiger partial charge in [-0.15, -0.1) is 0 Å². The zero-order chi connectivity index (χ0) is 12.5. The van der Waals surface area contributed by atoms with Crippen LogP contribution in [0.1, 0.15) is 17.0 Å². The molecule has 1 aliphatic rings. The number of hydrogen-bond acceptors (Lipinski definition) is 4. The summed E-state index contributed by atoms with van der Waals surface area (Å²) >= 11 is 0. The average molecular weight is 245 g/mol. The summed E-state index contributed by atoms with van der Waals surface area (Å²) < 4.78 is 10.7. The van der Waals surface area contributed by atoms with Crippen molar-refractivity contribution in [3.63, 3.8) is 0 Å². The van der Waals surface area contributed by atoms with Crippen LogP contribution in [0.15, 0.2) is 18.2 Å². The van der Waals surface area contributed by atoms with Gasteiger partial charge in [-0.1, -0.05) is 0 Å². The minimum absolute atomic E-state index is 0.302. The third-order valence-corrected chi connectivity index (χ3v) is 2.94. The van der Waals surface area contributed by atoms with Crippen LogP contribution in [0.5, 0.6) is 11.5 Å². The molecule has 2 heterocycles. The highest BCUT2D eigenvalue weighted by Gasteiger charge is 2.15. The van der Waals surface area contributed by atoms with Gasteiger partial charge in [0.1, 0.15) is 0 Å². The predicted octanol–water partition coefficient (Wildman–Crippen LogP) is 2.37. The highest BCUT2D eigenvalue weighted by molar-refractivity contribution is 5.60. The molecule has 0 saturated heterocycles. The van der Waals surface area contributed by atoms with Gasteiger partial charge >= 0.3 is 0 Å². The Balaban J connectivity index is 1.76. The lowest BCUT2D eigenvalue weighted by Crippen LogP contribution is -2.01. The molecule has 18 heavy (non-hydrogen) atoms. The molecule has 1 aromatic heterocycles. The van der Waals surface area contributed by atoms with E-state index in [-0.39, 0.29) is 0 Å². The van der Waals surface area contributed by atoms with Gasteiger partial charge in [-0.3, -0.25) is 5.10 Å². The van der Waals surface area contributed by atoms with Crippen molar-refractivity contribution in [2.24, 2.45) is 0 Å². The van der Waals surface area contributed by atoms with E-state index in [0.29, 0.717) is 13.3 Å². The summed E-state index contributed by atoms with van der Waals surface area (Å²) in [6, 6.07) is 5.98. The van der Waals surface area contributed by atoms with Crippen LogP contribution in [-0.4, -0.2) is 17.0 Å². The van der Waals surface area contributed by atoms with Crippen molar-refractivity contribution in [3.05, 3.63) is 35.2 Å². The van der Waals surface area contributed by atoms with Crippen molar-refractivity contribution in [3.8, 4) is 11.5 Å². The molecule has 5 heteroatoms. The van der Waals surface area contributed by atoms with Crippen molar-refractivity contribution in [1.82, 2.24) is 10.2 Å². The lowest BCUT2D eigenvalue weighted by atomic mass is 10.1. The SMILES string of the molecule is Cc1cc(CNc2cc3c(cc2C)OCO3)n[nH]1. The van der Waals surface area contributed by atoms with E-state index in [1.807, 2.05) is 32.0 Å². The maximum atomic E-state index is 5.37. The molecule has 3 rings (SSSR count). The number of rotatable bonds is 3. The molecular weight excluding hydrogens is 230 g/mol. The fourth-order valence-corrected chi connectivity index (χ4v) is 1.98. The zero-order valence-corrected chi connectivity index (χ0v) is 10.4. The van der Waals surface area contributed by atoms with Gasteiger partial charge in [0.15, 0.2) is 11.5 Å². The number of fused-ring (bicyclic) bond motifs is 1. The van der Waals surface area contributed by atoms with E-state index >= 15 is 0 Å². The van der Waals surface area contributed by atoms with Gasteiger partial charge in [0.25, 0.3) is 0 Å². The third kappa shape index (κ3) is 1.99. The molecule has 1 aliphatic heterocycles. The molecule has 1 aromatic carbocycles. The van der Waals surface area contributed by atoms with Gasteiger partial charge in [0.05, 0.1) is 12.2 Å². The molecule has 2 N–H and O–H groups in total. The maximum Gasteiger partial charge on any atom is 0.231 e. The summed E-state index contributed by atoms with van der Waals surface area (Å²) in [5, 5.41) is 10.5. The van der Waals surface area contributed by atoms with Gasteiger partial charge in [0, 0.05) is 17.4 Å². The second-order valence-corrected chi connectivity index (χ2v) is 4.42. The van der Waals surface area contributed by atoms with Gasteiger partial charge in [-0.2, -0.15) is 5.10 Å². The molecule has 0 saturated carbocycles. The van der Waals surface area contributed by atoms with Crippen molar-refractivity contribution in [1.29, 1.82) is 0 Å². The largest absolute Gasteiger partial charge is 0.454 e. The first-order chi connectivity index (χ1) is 8.72. The molecule has 5 nitrogen and oxygen atoms in total. The first kappa shape index (κ1) is 11.0. The Labute approximate surface area is 105 Å². The Morgan fingerprint density at radius 3 is 2.72 bits per heavy atom. The normalized spacial score (nSPS) is 12.8. The van der Waals surface area contributed by atoms with Gasteiger partial charge in [-0.05, 0) is 31.5 Å². The van der Waals surface area contributed by atoms with E-state index in [9.17, 15) is 0 Å². The van der Waals surface area contributed by atoms with E-state index in [2.05, 4.69) is 15.5 Å². The lowest BCUT2D eigenvalue weighted by molar-refractivity contribution is 0.174. The Bertz CT molecular complexity index is 578. The quantitative estimate of drug-likeness (QED) is 0.871. The minimum Gasteiger partial charge on any atom is -0.454 e. The third-order valence-electron chi connectivity index (χ3n) is 2.94. The number of aryl methyl sites for hydroxylation is 2. The first-order valence-corrected chi connectivity index (χ1v) is 5.87. The number of aromatic amines is 1. The van der Waals surface area contributed by atoms with Crippen LogP contribution in [0.3, 0.4) is 0 Å². The predicted molar refractivity (Wildman–Crippen MR) is 68.0 cm³/mol. The van der Waals surface area contributed by atoms with Crippen molar-refractivity contribution >= 4 is 5.69 Å². The molecule has 0 unspecified atom stereocenters. The Morgan fingerprint density at radius 1 is 1.22 bits per heavy atom. The first-order valence-electron chi connectivity index (χ1n) is 5.87. The molecule has 0 fully saturated rings. The van der Waals surface area contributed by atoms with E-state index in [4.69, 9.17) is 9.47 Å². The Morgan fingerprint density at radius 2 is 2.00 bits per heavy atom. The van der Waals surface area contributed by atoms with E-state index < -0.39 is 0 Å². The molecule has 0 radical (unpaired) electrons. The number of aromatic nitrogens is 2. The molecule has 0 aliphatic carbocycles. The number of nitrogens with one attached hydrogen (secondary N) is 2. The number of anilines is 1. The zero-order valence-electron chi connectivity index (χ0n) is 10.4. The van der Waals surface area contributed by atoms with Crippen LogP contribution in [0.4, 0.5) is 5.69 Å². The number of H-pyrrole nitrogens is 1. The average Bonchev–Trinajstić information content (AvgIpc) is 2.94. The Hall–Kier alpha value is -2.17. The molecule has 0 atom stereocenters. The number of hydrogen-bond donors (Lipinski definition) is 2. The standard InChI is InChI=1S/C13H15N3O2/c1-8-3-12-13(18-7-17-12)5-11(8)14-6-10-4-9(2)15-16-10/h3-5,14H,6-7H2,1-2H3,(H,15,16). The minimum atomic E-state index is 0.302. The molecule has 2 aromatic rings. The topological polar surface area (TPSA) is 59.2 Å². The molecule has 94 valence electrons. The van der Waals surface area contributed by atoms with Crippen molar-refractivity contribution in [2.45, 2.75) is 20.4 Å². The van der Waals surface area contributed by atoms with Gasteiger partial charge < -0.3 is 14.8 Å². The van der Waals surface area contributed by atoms with Crippen LogP contribution >= 0.6 is 0 Å². The Kier molecular flexibility index (Phi) is 2.59. The van der Waals surface area contributed by atoms with E-state index in [1.54, 1.807) is 0 Å². The molecule has 0 amide bonds. The summed E-state index contributed by atoms with van der Waals surface area (Å²) in [5.74, 6) is 1.61. The molecule has 0 spiro atoms. The maximum absolute atomic E-state index is 5.37. The highest BCUT2D eigenvalue weighted by atomic mass is 16.7. The van der Waals surface area contributed by atoms with Crippen LogP contribution < -0.4 is 14.8 Å². The molecular formula is C13H15N3O2. The van der Waals surface area contributed by atoms with Gasteiger partial charge in [0.2, 0.25) is 6.79 Å². The number of nitrogens with zero attached hydrogens (tertiary/aromatic N) is 1. The number of benzene rings is 1.